The number of aromatic nitrogens is 2. The minimum atomic E-state index is -0.370. The molecule has 1 atom stereocenters. The van der Waals surface area contributed by atoms with Gasteiger partial charge in [-0.25, -0.2) is 4.98 Å². The van der Waals surface area contributed by atoms with Crippen molar-refractivity contribution in [2.45, 2.75) is 6.10 Å². The summed E-state index contributed by atoms with van der Waals surface area (Å²) in [4.78, 5) is 34.4. The number of hydrogen-bond donors (Lipinski definition) is 2. The molecule has 0 unspecified atom stereocenters. The molecule has 0 spiro atoms. The number of nitrogens with zero attached hydrogens (tertiary/aromatic N) is 3. The number of anilines is 1. The SMILES string of the molecule is CN(CC(N)=O)C[C@@H]1CN(c2nc3ccccc3c(=O)[nH]2)CCO1. The third-order valence-electron chi connectivity index (χ3n) is 3.98. The van der Waals surface area contributed by atoms with Crippen molar-refractivity contribution in [2.75, 3.05) is 44.7 Å². The van der Waals surface area contributed by atoms with E-state index in [2.05, 4.69) is 9.97 Å². The van der Waals surface area contributed by atoms with Crippen LogP contribution in [0, 0.1) is 0 Å². The minimum Gasteiger partial charge on any atom is -0.373 e. The number of nitrogens with two attached hydrogens (primary N) is 1. The van der Waals surface area contributed by atoms with Crippen molar-refractivity contribution >= 4 is 22.8 Å². The van der Waals surface area contributed by atoms with Crippen LogP contribution in [0.15, 0.2) is 29.1 Å². The maximum atomic E-state index is 12.2. The molecule has 128 valence electrons. The summed E-state index contributed by atoms with van der Waals surface area (Å²) in [6, 6.07) is 7.26. The summed E-state index contributed by atoms with van der Waals surface area (Å²) in [5.74, 6) is 0.176. The molecular weight excluding hydrogens is 310 g/mol. The van der Waals surface area contributed by atoms with Crippen molar-refractivity contribution in [1.29, 1.82) is 0 Å². The molecule has 0 saturated carbocycles. The minimum absolute atomic E-state index is 0.0835. The van der Waals surface area contributed by atoms with Crippen LogP contribution < -0.4 is 16.2 Å². The van der Waals surface area contributed by atoms with E-state index in [4.69, 9.17) is 10.5 Å². The van der Waals surface area contributed by atoms with Gasteiger partial charge in [0, 0.05) is 19.6 Å². The van der Waals surface area contributed by atoms with Crippen LogP contribution in [0.25, 0.3) is 10.9 Å². The smallest absolute Gasteiger partial charge is 0.260 e. The van der Waals surface area contributed by atoms with Gasteiger partial charge in [-0.15, -0.1) is 0 Å². The van der Waals surface area contributed by atoms with Crippen LogP contribution in [0.5, 0.6) is 0 Å². The van der Waals surface area contributed by atoms with Crippen LogP contribution in [0.2, 0.25) is 0 Å². The van der Waals surface area contributed by atoms with E-state index in [9.17, 15) is 9.59 Å². The Hall–Kier alpha value is -2.45. The van der Waals surface area contributed by atoms with E-state index in [1.54, 1.807) is 6.07 Å². The number of rotatable bonds is 5. The number of carbonyl (C=O) groups is 1. The number of H-pyrrole nitrogens is 1. The number of morpholine rings is 1. The third kappa shape index (κ3) is 3.72. The van der Waals surface area contributed by atoms with Crippen molar-refractivity contribution < 1.29 is 9.53 Å². The number of nitrogens with one attached hydrogen (secondary N) is 1. The number of likely N-dealkylation sites (N-methyl/N-ethyl adjacent to an activating group) is 1. The molecular formula is C16H21N5O3. The molecule has 1 aliphatic rings. The van der Waals surface area contributed by atoms with Gasteiger partial charge in [-0.2, -0.15) is 0 Å². The van der Waals surface area contributed by atoms with Crippen LogP contribution in [-0.4, -0.2) is 66.7 Å². The van der Waals surface area contributed by atoms with Gasteiger partial charge in [0.15, 0.2) is 0 Å². The van der Waals surface area contributed by atoms with Gasteiger partial charge in [0.05, 0.1) is 30.2 Å². The Bertz CT molecular complexity index is 791. The summed E-state index contributed by atoms with van der Waals surface area (Å²) < 4.78 is 5.74. The lowest BCUT2D eigenvalue weighted by atomic mass is 10.2. The van der Waals surface area contributed by atoms with Crippen molar-refractivity contribution in [3.8, 4) is 0 Å². The molecule has 0 aliphatic carbocycles. The van der Waals surface area contributed by atoms with E-state index >= 15 is 0 Å². The highest BCUT2D eigenvalue weighted by atomic mass is 16.5. The zero-order valence-corrected chi connectivity index (χ0v) is 13.6. The number of carbonyl (C=O) groups excluding carboxylic acids is 1. The van der Waals surface area contributed by atoms with E-state index in [0.29, 0.717) is 43.1 Å². The topological polar surface area (TPSA) is 105 Å². The summed E-state index contributed by atoms with van der Waals surface area (Å²) in [6.45, 7) is 2.54. The Morgan fingerprint density at radius 3 is 3.08 bits per heavy atom. The number of amides is 1. The summed E-state index contributed by atoms with van der Waals surface area (Å²) in [7, 11) is 1.82. The number of aromatic amines is 1. The quantitative estimate of drug-likeness (QED) is 0.769. The van der Waals surface area contributed by atoms with Crippen LogP contribution in [-0.2, 0) is 9.53 Å². The van der Waals surface area contributed by atoms with Gasteiger partial charge in [-0.3, -0.25) is 19.5 Å². The standard InChI is InChI=1S/C16H21N5O3/c1-20(10-14(17)22)8-11-9-21(6-7-24-11)16-18-13-5-3-2-4-12(13)15(23)19-16/h2-5,11H,6-10H2,1H3,(H2,17,22)(H,18,19,23)/t11-/m1/s1. The van der Waals surface area contributed by atoms with Crippen LogP contribution in [0.1, 0.15) is 0 Å². The lowest BCUT2D eigenvalue weighted by Gasteiger charge is -2.34. The fraction of sp³-hybridized carbons (Fsp3) is 0.438. The highest BCUT2D eigenvalue weighted by Gasteiger charge is 2.24. The highest BCUT2D eigenvalue weighted by molar-refractivity contribution is 5.78. The lowest BCUT2D eigenvalue weighted by Crippen LogP contribution is -2.48. The Morgan fingerprint density at radius 2 is 2.29 bits per heavy atom. The number of benzene rings is 1. The number of para-hydroxylation sites is 1. The summed E-state index contributed by atoms with van der Waals surface area (Å²) >= 11 is 0. The monoisotopic (exact) mass is 331 g/mol. The first kappa shape index (κ1) is 16.4. The van der Waals surface area contributed by atoms with E-state index < -0.39 is 0 Å². The predicted octanol–water partition coefficient (Wildman–Crippen LogP) is -0.455. The average Bonchev–Trinajstić information content (AvgIpc) is 2.54. The summed E-state index contributed by atoms with van der Waals surface area (Å²) in [6.07, 6.45) is -0.0835. The van der Waals surface area contributed by atoms with Crippen LogP contribution in [0.3, 0.4) is 0 Å². The second-order valence-electron chi connectivity index (χ2n) is 6.01. The second-order valence-corrected chi connectivity index (χ2v) is 6.01. The summed E-state index contributed by atoms with van der Waals surface area (Å²) in [5.41, 5.74) is 5.73. The molecule has 1 saturated heterocycles. The Morgan fingerprint density at radius 1 is 1.50 bits per heavy atom. The molecule has 1 aromatic carbocycles. The molecule has 1 aliphatic heterocycles. The van der Waals surface area contributed by atoms with E-state index in [0.717, 1.165) is 0 Å². The molecule has 3 N–H and O–H groups in total. The average molecular weight is 331 g/mol. The number of fused-ring (bicyclic) bond motifs is 1. The summed E-state index contributed by atoms with van der Waals surface area (Å²) in [5, 5.41) is 0.576. The molecule has 2 aromatic rings. The molecule has 1 fully saturated rings. The molecule has 3 rings (SSSR count). The van der Waals surface area contributed by atoms with Gasteiger partial charge in [0.2, 0.25) is 11.9 Å². The van der Waals surface area contributed by atoms with Crippen molar-refractivity contribution in [2.24, 2.45) is 5.73 Å². The van der Waals surface area contributed by atoms with Crippen LogP contribution >= 0.6 is 0 Å². The van der Waals surface area contributed by atoms with E-state index in [1.165, 1.54) is 0 Å². The predicted molar refractivity (Wildman–Crippen MR) is 91.0 cm³/mol. The van der Waals surface area contributed by atoms with E-state index in [-0.39, 0.29) is 24.1 Å². The Kier molecular flexibility index (Phi) is 4.77. The van der Waals surface area contributed by atoms with Crippen molar-refractivity contribution in [1.82, 2.24) is 14.9 Å². The van der Waals surface area contributed by atoms with Crippen molar-refractivity contribution in [3.05, 3.63) is 34.6 Å². The molecule has 1 amide bonds. The fourth-order valence-electron chi connectivity index (χ4n) is 2.92. The zero-order chi connectivity index (χ0) is 17.1. The molecule has 0 radical (unpaired) electrons. The third-order valence-corrected chi connectivity index (χ3v) is 3.98. The molecule has 1 aromatic heterocycles. The van der Waals surface area contributed by atoms with Crippen molar-refractivity contribution in [3.63, 3.8) is 0 Å². The van der Waals surface area contributed by atoms with Gasteiger partial charge >= 0.3 is 0 Å². The first-order valence-electron chi connectivity index (χ1n) is 7.85. The molecule has 8 heteroatoms. The van der Waals surface area contributed by atoms with Gasteiger partial charge in [0.25, 0.3) is 5.56 Å². The Labute approximate surface area is 139 Å². The maximum absolute atomic E-state index is 12.2. The molecule has 2 heterocycles. The zero-order valence-electron chi connectivity index (χ0n) is 13.6. The highest BCUT2D eigenvalue weighted by Crippen LogP contribution is 2.15. The normalized spacial score (nSPS) is 18.2. The number of hydrogen-bond acceptors (Lipinski definition) is 6. The van der Waals surface area contributed by atoms with Gasteiger partial charge in [0.1, 0.15) is 0 Å². The first-order chi connectivity index (χ1) is 11.5. The Balaban J connectivity index is 1.75. The molecule has 8 nitrogen and oxygen atoms in total. The van der Waals surface area contributed by atoms with Crippen LogP contribution in [0.4, 0.5) is 5.95 Å². The number of primary amides is 1. The largest absolute Gasteiger partial charge is 0.373 e. The molecule has 24 heavy (non-hydrogen) atoms. The number of ether oxygens (including phenoxy) is 1. The fourth-order valence-corrected chi connectivity index (χ4v) is 2.92. The maximum Gasteiger partial charge on any atom is 0.260 e. The van der Waals surface area contributed by atoms with Gasteiger partial charge < -0.3 is 15.4 Å². The van der Waals surface area contributed by atoms with E-state index in [1.807, 2.05) is 35.0 Å². The first-order valence-corrected chi connectivity index (χ1v) is 7.85. The second kappa shape index (κ2) is 6.98. The molecule has 0 bridgehead atoms. The van der Waals surface area contributed by atoms with Gasteiger partial charge in [-0.1, -0.05) is 12.1 Å². The lowest BCUT2D eigenvalue weighted by molar-refractivity contribution is -0.119. The van der Waals surface area contributed by atoms with Gasteiger partial charge in [-0.05, 0) is 19.2 Å².